The summed E-state index contributed by atoms with van der Waals surface area (Å²) in [6, 6.07) is 3.94. The molecule has 4 aromatic heterocycles. The predicted octanol–water partition coefficient (Wildman–Crippen LogP) is 3.44. The first kappa shape index (κ1) is 21.3. The van der Waals surface area contributed by atoms with Crippen LogP contribution in [-0.2, 0) is 22.4 Å². The van der Waals surface area contributed by atoms with Crippen LogP contribution in [0.3, 0.4) is 0 Å². The van der Waals surface area contributed by atoms with E-state index >= 15 is 0 Å². The van der Waals surface area contributed by atoms with E-state index in [9.17, 15) is 4.79 Å². The fraction of sp³-hybridized carbons (Fsp3) is 0.417. The molecule has 1 N–H and O–H groups in total. The van der Waals surface area contributed by atoms with Gasteiger partial charge < -0.3 is 19.7 Å². The number of nitrogens with zero attached hydrogens (tertiary/aromatic N) is 5. The van der Waals surface area contributed by atoms with Crippen LogP contribution in [0.2, 0.25) is 0 Å². The second-order valence-corrected chi connectivity index (χ2v) is 9.98. The minimum Gasteiger partial charge on any atom is -0.493 e. The molecule has 1 saturated heterocycles. The minimum atomic E-state index is 0.0135. The number of thiophene rings is 1. The van der Waals surface area contributed by atoms with E-state index in [4.69, 9.17) is 9.47 Å². The van der Waals surface area contributed by atoms with Crippen LogP contribution in [0.1, 0.15) is 23.8 Å². The Labute approximate surface area is 200 Å². The predicted molar refractivity (Wildman–Crippen MR) is 130 cm³/mol. The van der Waals surface area contributed by atoms with Crippen LogP contribution in [-0.4, -0.2) is 63.3 Å². The van der Waals surface area contributed by atoms with Crippen molar-refractivity contribution < 1.29 is 14.3 Å². The summed E-state index contributed by atoms with van der Waals surface area (Å²) in [5.74, 6) is 1.70. The Bertz CT molecular complexity index is 1380. The Hall–Kier alpha value is -3.24. The third kappa shape index (κ3) is 3.67. The lowest BCUT2D eigenvalue weighted by Crippen LogP contribution is -2.47. The average molecular weight is 479 g/mol. The van der Waals surface area contributed by atoms with Gasteiger partial charge >= 0.3 is 0 Å². The monoisotopic (exact) mass is 478 g/mol. The molecular formula is C24H26N6O3S. The summed E-state index contributed by atoms with van der Waals surface area (Å²) in [5.41, 5.74) is 3.03. The molecule has 1 aliphatic heterocycles. The lowest BCUT2D eigenvalue weighted by Gasteiger charge is -2.34. The number of nitrogens with one attached hydrogen (secondary N) is 1. The van der Waals surface area contributed by atoms with Gasteiger partial charge in [0.25, 0.3) is 0 Å². The Balaban J connectivity index is 1.31. The highest BCUT2D eigenvalue weighted by Gasteiger charge is 2.33. The second kappa shape index (κ2) is 8.52. The molecule has 0 bridgehead atoms. The van der Waals surface area contributed by atoms with Crippen molar-refractivity contribution in [2.45, 2.75) is 32.3 Å². The van der Waals surface area contributed by atoms with Gasteiger partial charge in [-0.15, -0.1) is 11.3 Å². The number of pyridine rings is 1. The molecule has 1 aliphatic carbocycles. The number of carbonyl (C=O) groups excluding carboxylic acids is 1. The van der Waals surface area contributed by atoms with E-state index in [0.717, 1.165) is 46.5 Å². The second-order valence-electron chi connectivity index (χ2n) is 8.89. The molecule has 0 aromatic carbocycles. The molecule has 1 amide bonds. The van der Waals surface area contributed by atoms with Crippen LogP contribution < -0.4 is 10.1 Å². The molecule has 0 radical (unpaired) electrons. The topological polar surface area (TPSA) is 93.9 Å². The number of aryl methyl sites for hydroxylation is 1. The van der Waals surface area contributed by atoms with Crippen LogP contribution in [0, 0.1) is 5.92 Å². The van der Waals surface area contributed by atoms with Gasteiger partial charge in [0.05, 0.1) is 42.6 Å². The number of hydrogen-bond donors (Lipinski definition) is 1. The highest BCUT2D eigenvalue weighted by atomic mass is 32.1. The maximum absolute atomic E-state index is 13.2. The van der Waals surface area contributed by atoms with Crippen molar-refractivity contribution in [1.29, 1.82) is 0 Å². The number of rotatable bonds is 4. The van der Waals surface area contributed by atoms with E-state index in [2.05, 4.69) is 20.4 Å². The number of aromatic nitrogens is 4. The zero-order valence-electron chi connectivity index (χ0n) is 19.2. The lowest BCUT2D eigenvalue weighted by atomic mass is 9.86. The molecule has 6 rings (SSSR count). The fourth-order valence-corrected chi connectivity index (χ4v) is 6.29. The molecule has 0 spiro atoms. The highest BCUT2D eigenvalue weighted by molar-refractivity contribution is 7.19. The summed E-state index contributed by atoms with van der Waals surface area (Å²) in [5, 5.41) is 8.80. The van der Waals surface area contributed by atoms with Crippen LogP contribution in [0.4, 0.5) is 11.5 Å². The van der Waals surface area contributed by atoms with E-state index in [1.807, 2.05) is 30.2 Å². The van der Waals surface area contributed by atoms with Crippen LogP contribution >= 0.6 is 11.3 Å². The van der Waals surface area contributed by atoms with Gasteiger partial charge in [-0.2, -0.15) is 5.10 Å². The van der Waals surface area contributed by atoms with E-state index in [1.54, 1.807) is 35.5 Å². The third-order valence-electron chi connectivity index (χ3n) is 6.72. The SMILES string of the molecule is COc1cn2nccc2cc1Nc1ncnc2sc3c(c12)CCC(C(=O)N1CCOC(C)C1)C3. The first-order valence-corrected chi connectivity index (χ1v) is 12.4. The maximum Gasteiger partial charge on any atom is 0.226 e. The van der Waals surface area contributed by atoms with Crippen molar-refractivity contribution in [3.8, 4) is 5.75 Å². The quantitative estimate of drug-likeness (QED) is 0.480. The number of carbonyl (C=O) groups is 1. The van der Waals surface area contributed by atoms with Gasteiger partial charge in [-0.1, -0.05) is 0 Å². The van der Waals surface area contributed by atoms with Gasteiger partial charge in [-0.05, 0) is 43.9 Å². The zero-order valence-corrected chi connectivity index (χ0v) is 20.0. The Morgan fingerprint density at radius 2 is 2.26 bits per heavy atom. The highest BCUT2D eigenvalue weighted by Crippen LogP contribution is 2.41. The van der Waals surface area contributed by atoms with Gasteiger partial charge in [0.15, 0.2) is 5.75 Å². The molecule has 2 unspecified atom stereocenters. The van der Waals surface area contributed by atoms with Crippen molar-refractivity contribution in [3.63, 3.8) is 0 Å². The third-order valence-corrected chi connectivity index (χ3v) is 7.88. The van der Waals surface area contributed by atoms with Gasteiger partial charge in [0.1, 0.15) is 17.0 Å². The minimum absolute atomic E-state index is 0.0135. The summed E-state index contributed by atoms with van der Waals surface area (Å²) in [6.07, 6.45) is 7.73. The van der Waals surface area contributed by atoms with Crippen molar-refractivity contribution in [3.05, 3.63) is 41.3 Å². The number of anilines is 2. The summed E-state index contributed by atoms with van der Waals surface area (Å²) in [4.78, 5) is 26.5. The molecule has 9 nitrogen and oxygen atoms in total. The molecule has 4 aromatic rings. The van der Waals surface area contributed by atoms with Gasteiger partial charge in [0.2, 0.25) is 5.91 Å². The number of hydrogen-bond acceptors (Lipinski definition) is 8. The summed E-state index contributed by atoms with van der Waals surface area (Å²) in [6.45, 7) is 4.00. The molecular weight excluding hydrogens is 452 g/mol. The summed E-state index contributed by atoms with van der Waals surface area (Å²) < 4.78 is 13.0. The van der Waals surface area contributed by atoms with Crippen LogP contribution in [0.25, 0.3) is 15.7 Å². The van der Waals surface area contributed by atoms with Crippen LogP contribution in [0.5, 0.6) is 5.75 Å². The maximum atomic E-state index is 13.2. The van der Waals surface area contributed by atoms with Crippen LogP contribution in [0.15, 0.2) is 30.9 Å². The first-order valence-electron chi connectivity index (χ1n) is 11.5. The summed E-state index contributed by atoms with van der Waals surface area (Å²) >= 11 is 1.67. The first-order chi connectivity index (χ1) is 16.6. The number of fused-ring (bicyclic) bond motifs is 4. The Morgan fingerprint density at radius 3 is 3.12 bits per heavy atom. The zero-order chi connectivity index (χ0) is 23.2. The van der Waals surface area contributed by atoms with Gasteiger partial charge in [-0.3, -0.25) is 4.79 Å². The van der Waals surface area contributed by atoms with Gasteiger partial charge in [0, 0.05) is 30.1 Å². The number of ether oxygens (including phenoxy) is 2. The summed E-state index contributed by atoms with van der Waals surface area (Å²) in [7, 11) is 1.64. The average Bonchev–Trinajstić information content (AvgIpc) is 3.46. The molecule has 5 heterocycles. The molecule has 2 aliphatic rings. The number of amides is 1. The number of methoxy groups -OCH3 is 1. The van der Waals surface area contributed by atoms with E-state index in [-0.39, 0.29) is 17.9 Å². The normalized spacial score (nSPS) is 20.5. The largest absolute Gasteiger partial charge is 0.493 e. The van der Waals surface area contributed by atoms with Crippen molar-refractivity contribution >= 4 is 44.5 Å². The lowest BCUT2D eigenvalue weighted by molar-refractivity contribution is -0.142. The smallest absolute Gasteiger partial charge is 0.226 e. The van der Waals surface area contributed by atoms with Gasteiger partial charge in [-0.25, -0.2) is 14.5 Å². The molecule has 34 heavy (non-hydrogen) atoms. The van der Waals surface area contributed by atoms with E-state index in [0.29, 0.717) is 25.4 Å². The Kier molecular flexibility index (Phi) is 5.34. The Morgan fingerprint density at radius 1 is 1.35 bits per heavy atom. The molecule has 10 heteroatoms. The molecule has 1 fully saturated rings. The molecule has 176 valence electrons. The molecule has 2 atom stereocenters. The van der Waals surface area contributed by atoms with Crippen molar-refractivity contribution in [1.82, 2.24) is 24.5 Å². The van der Waals surface area contributed by atoms with E-state index < -0.39 is 0 Å². The van der Waals surface area contributed by atoms with E-state index in [1.165, 1.54) is 10.4 Å². The van der Waals surface area contributed by atoms with Crippen molar-refractivity contribution in [2.24, 2.45) is 5.92 Å². The number of morpholine rings is 1. The van der Waals surface area contributed by atoms with Crippen molar-refractivity contribution in [2.75, 3.05) is 32.1 Å². The standard InChI is InChI=1S/C24H26N6O3S/c1-14-11-29(7-8-33-14)24(31)15-3-4-17-20(9-15)34-23-21(17)22(25-13-26-23)28-18-10-16-5-6-27-30(16)12-19(18)32-2/h5-6,10,12-15H,3-4,7-9,11H2,1-2H3,(H,25,26,28). The fourth-order valence-electron chi connectivity index (χ4n) is 5.03. The molecule has 0 saturated carbocycles.